The summed E-state index contributed by atoms with van der Waals surface area (Å²) in [6.07, 6.45) is 3.99. The number of halogens is 1. The van der Waals surface area contributed by atoms with Crippen LogP contribution in [0.3, 0.4) is 0 Å². The molecule has 3 aromatic rings. The summed E-state index contributed by atoms with van der Waals surface area (Å²) in [7, 11) is 1.64. The van der Waals surface area contributed by atoms with Gasteiger partial charge in [-0.25, -0.2) is 0 Å². The number of benzene rings is 2. The van der Waals surface area contributed by atoms with E-state index in [1.165, 1.54) is 0 Å². The summed E-state index contributed by atoms with van der Waals surface area (Å²) in [5.74, 6) is 0.669. The number of rotatable bonds is 8. The van der Waals surface area contributed by atoms with E-state index >= 15 is 0 Å². The molecule has 3 rings (SSSR count). The van der Waals surface area contributed by atoms with E-state index in [4.69, 9.17) is 16.3 Å². The Balaban J connectivity index is 1.52. The van der Waals surface area contributed by atoms with Gasteiger partial charge >= 0.3 is 0 Å². The number of ether oxygens (including phenoxy) is 1. The molecule has 0 saturated heterocycles. The number of aromatic nitrogens is 1. The fraction of sp³-hybridized carbons (Fsp3) is 0.182. The van der Waals surface area contributed by atoms with E-state index in [1.54, 1.807) is 25.6 Å². The van der Waals surface area contributed by atoms with Crippen molar-refractivity contribution in [3.05, 3.63) is 88.7 Å². The lowest BCUT2D eigenvalue weighted by Crippen LogP contribution is -2.25. The standard InChI is InChI=1S/C22H22ClN3O2/c1-28-20-8-6-16(7-9-20)10-11-25-22(27)18-12-19(15-24-13-18)26-14-17-4-2-3-5-21(17)23/h2-9,12-13,15,26H,10-11,14H2,1H3,(H,25,27). The van der Waals surface area contributed by atoms with Gasteiger partial charge in [0.1, 0.15) is 5.75 Å². The molecule has 0 aliphatic heterocycles. The summed E-state index contributed by atoms with van der Waals surface area (Å²) < 4.78 is 5.15. The first-order valence-corrected chi connectivity index (χ1v) is 9.37. The second-order valence-electron chi connectivity index (χ2n) is 6.26. The van der Waals surface area contributed by atoms with Gasteiger partial charge in [-0.15, -0.1) is 0 Å². The second-order valence-corrected chi connectivity index (χ2v) is 6.67. The van der Waals surface area contributed by atoms with E-state index in [0.29, 0.717) is 23.7 Å². The minimum Gasteiger partial charge on any atom is -0.497 e. The molecule has 0 spiro atoms. The molecular formula is C22H22ClN3O2. The van der Waals surface area contributed by atoms with Crippen molar-refractivity contribution in [3.63, 3.8) is 0 Å². The number of hydrogen-bond acceptors (Lipinski definition) is 4. The maximum atomic E-state index is 12.4. The van der Waals surface area contributed by atoms with Gasteiger partial charge in [0.05, 0.1) is 18.4 Å². The molecular weight excluding hydrogens is 374 g/mol. The van der Waals surface area contributed by atoms with Crippen LogP contribution < -0.4 is 15.4 Å². The number of carbonyl (C=O) groups is 1. The number of carbonyl (C=O) groups excluding carboxylic acids is 1. The first-order chi connectivity index (χ1) is 13.7. The van der Waals surface area contributed by atoms with Crippen molar-refractivity contribution in [2.75, 3.05) is 19.0 Å². The van der Waals surface area contributed by atoms with E-state index in [-0.39, 0.29) is 5.91 Å². The van der Waals surface area contributed by atoms with Crippen LogP contribution >= 0.6 is 11.6 Å². The number of methoxy groups -OCH3 is 1. The monoisotopic (exact) mass is 395 g/mol. The molecule has 1 aromatic heterocycles. The summed E-state index contributed by atoms with van der Waals surface area (Å²) in [5, 5.41) is 6.88. The third-order valence-electron chi connectivity index (χ3n) is 4.30. The summed E-state index contributed by atoms with van der Waals surface area (Å²) in [6, 6.07) is 17.2. The molecule has 144 valence electrons. The highest BCUT2D eigenvalue weighted by Crippen LogP contribution is 2.17. The van der Waals surface area contributed by atoms with Crippen molar-refractivity contribution < 1.29 is 9.53 Å². The Morgan fingerprint density at radius 1 is 1.11 bits per heavy atom. The van der Waals surface area contributed by atoms with Crippen LogP contribution in [-0.4, -0.2) is 24.5 Å². The third-order valence-corrected chi connectivity index (χ3v) is 4.67. The zero-order chi connectivity index (χ0) is 19.8. The largest absolute Gasteiger partial charge is 0.497 e. The van der Waals surface area contributed by atoms with Crippen molar-refractivity contribution in [2.24, 2.45) is 0 Å². The Morgan fingerprint density at radius 2 is 1.89 bits per heavy atom. The molecule has 0 fully saturated rings. The molecule has 0 atom stereocenters. The molecule has 1 amide bonds. The molecule has 2 N–H and O–H groups in total. The van der Waals surface area contributed by atoms with E-state index in [9.17, 15) is 4.79 Å². The Labute approximate surface area is 169 Å². The van der Waals surface area contributed by atoms with Gasteiger partial charge in [-0.2, -0.15) is 0 Å². The first-order valence-electron chi connectivity index (χ1n) is 8.99. The Kier molecular flexibility index (Phi) is 6.87. The average molecular weight is 396 g/mol. The molecule has 0 aliphatic carbocycles. The highest BCUT2D eigenvalue weighted by atomic mass is 35.5. The Hall–Kier alpha value is -3.05. The predicted molar refractivity (Wildman–Crippen MR) is 112 cm³/mol. The lowest BCUT2D eigenvalue weighted by molar-refractivity contribution is 0.0954. The number of nitrogens with zero attached hydrogens (tertiary/aromatic N) is 1. The smallest absolute Gasteiger partial charge is 0.252 e. The van der Waals surface area contributed by atoms with Gasteiger partial charge in [0.15, 0.2) is 0 Å². The lowest BCUT2D eigenvalue weighted by atomic mass is 10.1. The fourth-order valence-corrected chi connectivity index (χ4v) is 2.92. The maximum absolute atomic E-state index is 12.4. The highest BCUT2D eigenvalue weighted by Gasteiger charge is 2.07. The van der Waals surface area contributed by atoms with Crippen molar-refractivity contribution in [1.82, 2.24) is 10.3 Å². The number of amides is 1. The normalized spacial score (nSPS) is 10.4. The summed E-state index contributed by atoms with van der Waals surface area (Å²) in [4.78, 5) is 16.6. The van der Waals surface area contributed by atoms with Crippen LogP contribution in [0.1, 0.15) is 21.5 Å². The lowest BCUT2D eigenvalue weighted by Gasteiger charge is -2.10. The minimum absolute atomic E-state index is 0.151. The molecule has 0 unspecified atom stereocenters. The van der Waals surface area contributed by atoms with Crippen LogP contribution in [-0.2, 0) is 13.0 Å². The molecule has 0 saturated carbocycles. The molecule has 1 heterocycles. The minimum atomic E-state index is -0.151. The number of nitrogens with one attached hydrogen (secondary N) is 2. The third kappa shape index (κ3) is 5.47. The molecule has 6 heteroatoms. The van der Waals surface area contributed by atoms with Gasteiger partial charge in [0.2, 0.25) is 0 Å². The summed E-state index contributed by atoms with van der Waals surface area (Å²) in [6.45, 7) is 1.10. The van der Waals surface area contributed by atoms with E-state index in [1.807, 2.05) is 48.5 Å². The Bertz CT molecular complexity index is 929. The summed E-state index contributed by atoms with van der Waals surface area (Å²) in [5.41, 5.74) is 3.40. The van der Waals surface area contributed by atoms with Crippen molar-refractivity contribution in [1.29, 1.82) is 0 Å². The molecule has 2 aromatic carbocycles. The second kappa shape index (κ2) is 9.76. The number of pyridine rings is 1. The molecule has 0 radical (unpaired) electrons. The van der Waals surface area contributed by atoms with Crippen LogP contribution in [0.25, 0.3) is 0 Å². The zero-order valence-electron chi connectivity index (χ0n) is 15.6. The molecule has 0 aliphatic rings. The highest BCUT2D eigenvalue weighted by molar-refractivity contribution is 6.31. The van der Waals surface area contributed by atoms with Gasteiger partial charge in [-0.1, -0.05) is 41.9 Å². The topological polar surface area (TPSA) is 63.2 Å². The van der Waals surface area contributed by atoms with Gasteiger partial charge in [-0.05, 0) is 41.8 Å². The van der Waals surface area contributed by atoms with Gasteiger partial charge in [0, 0.05) is 30.5 Å². The quantitative estimate of drug-likeness (QED) is 0.596. The van der Waals surface area contributed by atoms with Crippen LogP contribution in [0.4, 0.5) is 5.69 Å². The van der Waals surface area contributed by atoms with Gasteiger partial charge in [-0.3, -0.25) is 9.78 Å². The van der Waals surface area contributed by atoms with Gasteiger partial charge in [0.25, 0.3) is 5.91 Å². The van der Waals surface area contributed by atoms with Crippen molar-refractivity contribution in [3.8, 4) is 5.75 Å². The van der Waals surface area contributed by atoms with Crippen molar-refractivity contribution in [2.45, 2.75) is 13.0 Å². The van der Waals surface area contributed by atoms with E-state index in [0.717, 1.165) is 29.0 Å². The molecule has 28 heavy (non-hydrogen) atoms. The fourth-order valence-electron chi connectivity index (χ4n) is 2.71. The van der Waals surface area contributed by atoms with E-state index < -0.39 is 0 Å². The van der Waals surface area contributed by atoms with Crippen LogP contribution in [0.15, 0.2) is 67.0 Å². The van der Waals surface area contributed by atoms with Crippen LogP contribution in [0.2, 0.25) is 5.02 Å². The van der Waals surface area contributed by atoms with Crippen LogP contribution in [0, 0.1) is 0 Å². The predicted octanol–water partition coefficient (Wildman–Crippen LogP) is 4.33. The SMILES string of the molecule is COc1ccc(CCNC(=O)c2cncc(NCc3ccccc3Cl)c2)cc1. The first kappa shape index (κ1) is 19.7. The Morgan fingerprint density at radius 3 is 2.64 bits per heavy atom. The molecule has 0 bridgehead atoms. The maximum Gasteiger partial charge on any atom is 0.252 e. The average Bonchev–Trinajstić information content (AvgIpc) is 2.74. The van der Waals surface area contributed by atoms with Gasteiger partial charge < -0.3 is 15.4 Å². The number of anilines is 1. The summed E-state index contributed by atoms with van der Waals surface area (Å²) >= 11 is 6.17. The number of hydrogen-bond donors (Lipinski definition) is 2. The van der Waals surface area contributed by atoms with Crippen LogP contribution in [0.5, 0.6) is 5.75 Å². The zero-order valence-corrected chi connectivity index (χ0v) is 16.4. The molecule has 5 nitrogen and oxygen atoms in total. The van der Waals surface area contributed by atoms with E-state index in [2.05, 4.69) is 15.6 Å². The van der Waals surface area contributed by atoms with Crippen molar-refractivity contribution >= 4 is 23.2 Å².